The summed E-state index contributed by atoms with van der Waals surface area (Å²) in [5, 5.41) is 48.8. The lowest BCUT2D eigenvalue weighted by molar-refractivity contribution is -0.313. The molecule has 0 bridgehead atoms. The van der Waals surface area contributed by atoms with Crippen LogP contribution in [0.25, 0.3) is 0 Å². The minimum atomic E-state index is -1.43. The summed E-state index contributed by atoms with van der Waals surface area (Å²) < 4.78 is 11.4. The average Bonchev–Trinajstić information content (AvgIpc) is 2.53. The third kappa shape index (κ3) is 4.84. The predicted octanol–water partition coefficient (Wildman–Crippen LogP) is 0.469. The Bertz CT molecular complexity index is 500. The summed E-state index contributed by atoms with van der Waals surface area (Å²) in [6, 6.07) is 0. The molecule has 7 heteroatoms. The highest BCUT2D eigenvalue weighted by Crippen LogP contribution is 2.44. The first-order valence-corrected chi connectivity index (χ1v) is 9.40. The van der Waals surface area contributed by atoms with E-state index >= 15 is 0 Å². The minimum absolute atomic E-state index is 0.115. The van der Waals surface area contributed by atoms with Crippen molar-refractivity contribution in [1.82, 2.24) is 0 Å². The number of aliphatic hydroxyl groups is 5. The maximum atomic E-state index is 10.2. The van der Waals surface area contributed by atoms with Gasteiger partial charge in [0.05, 0.1) is 18.8 Å². The zero-order valence-corrected chi connectivity index (χ0v) is 16.1. The van der Waals surface area contributed by atoms with Crippen LogP contribution in [0.1, 0.15) is 53.4 Å². The summed E-state index contributed by atoms with van der Waals surface area (Å²) in [5.41, 5.74) is 2.42. The third-order valence-corrected chi connectivity index (χ3v) is 5.59. The highest BCUT2D eigenvalue weighted by atomic mass is 16.7. The van der Waals surface area contributed by atoms with Crippen LogP contribution >= 0.6 is 0 Å². The van der Waals surface area contributed by atoms with Gasteiger partial charge in [0.2, 0.25) is 0 Å². The smallest absolute Gasteiger partial charge is 0.186 e. The van der Waals surface area contributed by atoms with Gasteiger partial charge < -0.3 is 35.0 Å². The number of allylic oxidation sites excluding steroid dienone is 1. The van der Waals surface area contributed by atoms with E-state index in [1.165, 1.54) is 11.1 Å². The summed E-state index contributed by atoms with van der Waals surface area (Å²) >= 11 is 0. The number of hydrogen-bond donors (Lipinski definition) is 5. The van der Waals surface area contributed by atoms with E-state index in [0.717, 1.165) is 6.42 Å². The van der Waals surface area contributed by atoms with Crippen LogP contribution in [0, 0.1) is 5.41 Å². The molecule has 0 unspecified atom stereocenters. The summed E-state index contributed by atoms with van der Waals surface area (Å²) in [6.07, 6.45) is -3.86. The van der Waals surface area contributed by atoms with Gasteiger partial charge in [-0.3, -0.25) is 0 Å². The summed E-state index contributed by atoms with van der Waals surface area (Å²) in [4.78, 5) is 0. The van der Waals surface area contributed by atoms with Gasteiger partial charge in [-0.15, -0.1) is 0 Å². The molecule has 0 radical (unpaired) electrons. The molecule has 1 heterocycles. The van der Waals surface area contributed by atoms with Gasteiger partial charge in [-0.2, -0.15) is 0 Å². The first kappa shape index (κ1) is 21.8. The van der Waals surface area contributed by atoms with Gasteiger partial charge >= 0.3 is 0 Å². The van der Waals surface area contributed by atoms with E-state index < -0.39 is 37.3 Å². The minimum Gasteiger partial charge on any atom is -0.394 e. The van der Waals surface area contributed by atoms with Gasteiger partial charge in [-0.25, -0.2) is 0 Å². The molecule has 1 saturated heterocycles. The van der Waals surface area contributed by atoms with E-state index in [1.807, 2.05) is 0 Å². The van der Waals surface area contributed by atoms with Gasteiger partial charge in [-0.05, 0) is 44.9 Å². The quantitative estimate of drug-likeness (QED) is 0.429. The zero-order chi connectivity index (χ0) is 19.6. The third-order valence-electron chi connectivity index (χ3n) is 5.59. The van der Waals surface area contributed by atoms with Crippen LogP contribution in [0.5, 0.6) is 0 Å². The van der Waals surface area contributed by atoms with Gasteiger partial charge in [0, 0.05) is 0 Å². The summed E-state index contributed by atoms with van der Waals surface area (Å²) in [6.45, 7) is 7.65. The van der Waals surface area contributed by atoms with Gasteiger partial charge in [0.25, 0.3) is 0 Å². The van der Waals surface area contributed by atoms with Crippen LogP contribution < -0.4 is 0 Å². The number of hydrogen-bond acceptors (Lipinski definition) is 7. The maximum absolute atomic E-state index is 10.2. The Morgan fingerprint density at radius 1 is 1.19 bits per heavy atom. The Kier molecular flexibility index (Phi) is 7.23. The zero-order valence-electron chi connectivity index (χ0n) is 16.1. The van der Waals surface area contributed by atoms with Crippen LogP contribution in [0.2, 0.25) is 0 Å². The van der Waals surface area contributed by atoms with E-state index in [-0.39, 0.29) is 17.6 Å². The van der Waals surface area contributed by atoms with Crippen molar-refractivity contribution in [2.24, 2.45) is 5.41 Å². The van der Waals surface area contributed by atoms with E-state index in [4.69, 9.17) is 9.47 Å². The molecule has 26 heavy (non-hydrogen) atoms. The molecule has 0 spiro atoms. The average molecular weight is 374 g/mol. The fourth-order valence-corrected chi connectivity index (χ4v) is 4.18. The van der Waals surface area contributed by atoms with Crippen molar-refractivity contribution in [2.75, 3.05) is 6.61 Å². The molecule has 1 fully saturated rings. The van der Waals surface area contributed by atoms with E-state index in [2.05, 4.69) is 20.8 Å². The van der Waals surface area contributed by atoms with Gasteiger partial charge in [0.15, 0.2) is 6.29 Å². The van der Waals surface area contributed by atoms with Crippen molar-refractivity contribution >= 4 is 0 Å². The predicted molar refractivity (Wildman–Crippen MR) is 95.3 cm³/mol. The molecule has 0 aromatic heterocycles. The topological polar surface area (TPSA) is 120 Å². The highest BCUT2D eigenvalue weighted by molar-refractivity contribution is 5.24. The first-order chi connectivity index (χ1) is 12.1. The maximum Gasteiger partial charge on any atom is 0.186 e. The lowest BCUT2D eigenvalue weighted by atomic mass is 9.70. The molecule has 0 amide bonds. The lowest BCUT2D eigenvalue weighted by Crippen LogP contribution is -2.59. The second-order valence-electron chi connectivity index (χ2n) is 8.39. The molecule has 1 aliphatic carbocycles. The van der Waals surface area contributed by atoms with E-state index in [9.17, 15) is 25.5 Å². The molecule has 2 aliphatic rings. The van der Waals surface area contributed by atoms with Gasteiger partial charge in [0.1, 0.15) is 24.4 Å². The highest BCUT2D eigenvalue weighted by Gasteiger charge is 2.45. The molecule has 0 saturated carbocycles. The van der Waals surface area contributed by atoms with Crippen molar-refractivity contribution in [2.45, 2.75) is 96.3 Å². The fraction of sp³-hybridized carbons (Fsp3) is 0.895. The molecular weight excluding hydrogens is 340 g/mol. The van der Waals surface area contributed by atoms with Crippen LogP contribution in [-0.2, 0) is 9.47 Å². The second-order valence-corrected chi connectivity index (χ2v) is 8.39. The normalized spacial score (nSPS) is 39.1. The van der Waals surface area contributed by atoms with E-state index in [1.54, 1.807) is 6.92 Å². The molecule has 1 aliphatic heterocycles. The second kappa shape index (κ2) is 8.65. The largest absolute Gasteiger partial charge is 0.394 e. The van der Waals surface area contributed by atoms with E-state index in [0.29, 0.717) is 19.3 Å². The lowest BCUT2D eigenvalue weighted by Gasteiger charge is -2.44. The summed E-state index contributed by atoms with van der Waals surface area (Å²) in [5.74, 6) is 0. The van der Waals surface area contributed by atoms with Crippen molar-refractivity contribution < 1.29 is 35.0 Å². The van der Waals surface area contributed by atoms with Crippen molar-refractivity contribution in [3.8, 4) is 0 Å². The Balaban J connectivity index is 2.07. The molecule has 0 aromatic rings. The SMILES string of the molecule is CC1=C(CC[C@@H](C)O)C(C)(C)C[C@H](O[C@@H]2O[C@H](CO)[C@@H](O)[C@H](O)[C@H]2O)C1. The molecular formula is C19H34O7. The first-order valence-electron chi connectivity index (χ1n) is 9.40. The van der Waals surface area contributed by atoms with Crippen LogP contribution in [0.4, 0.5) is 0 Å². The molecule has 152 valence electrons. The number of rotatable bonds is 6. The molecule has 5 N–H and O–H groups in total. The molecule has 0 aromatic carbocycles. The Morgan fingerprint density at radius 2 is 1.85 bits per heavy atom. The van der Waals surface area contributed by atoms with Crippen molar-refractivity contribution in [3.63, 3.8) is 0 Å². The molecule has 7 nitrogen and oxygen atoms in total. The Hall–Kier alpha value is -0.540. The monoisotopic (exact) mass is 374 g/mol. The van der Waals surface area contributed by atoms with Crippen LogP contribution in [-0.4, -0.2) is 75.1 Å². The number of aliphatic hydroxyl groups excluding tert-OH is 5. The molecule has 2 rings (SSSR count). The van der Waals surface area contributed by atoms with Crippen molar-refractivity contribution in [1.29, 1.82) is 0 Å². The number of ether oxygens (including phenoxy) is 2. The standard InChI is InChI=1S/C19H34O7/c1-10-7-12(8-19(3,4)13(10)6-5-11(2)21)25-18-17(24)16(23)15(22)14(9-20)26-18/h11-12,14-18,20-24H,5-9H2,1-4H3/t11-,12-,14-,15-,16+,17-,18-/m1/s1. The fourth-order valence-electron chi connectivity index (χ4n) is 4.18. The van der Waals surface area contributed by atoms with Crippen LogP contribution in [0.3, 0.4) is 0 Å². The Morgan fingerprint density at radius 3 is 2.38 bits per heavy atom. The van der Waals surface area contributed by atoms with Gasteiger partial charge in [-0.1, -0.05) is 25.0 Å². The Labute approximate surface area is 155 Å². The van der Waals surface area contributed by atoms with Crippen molar-refractivity contribution in [3.05, 3.63) is 11.1 Å². The summed E-state index contributed by atoms with van der Waals surface area (Å²) in [7, 11) is 0. The van der Waals surface area contributed by atoms with Crippen LogP contribution in [0.15, 0.2) is 11.1 Å². The molecule has 7 atom stereocenters.